The van der Waals surface area contributed by atoms with Crippen LogP contribution in [-0.4, -0.2) is 47.3 Å². The molecule has 1 aromatic rings. The molecule has 0 heterocycles. The number of carbonyl (C=O) groups is 1. The summed E-state index contributed by atoms with van der Waals surface area (Å²) < 4.78 is 0. The Morgan fingerprint density at radius 1 is 1.29 bits per heavy atom. The molecule has 0 spiro atoms. The molecule has 3 N–H and O–H groups in total. The quantitative estimate of drug-likeness (QED) is 0.465. The summed E-state index contributed by atoms with van der Waals surface area (Å²) in [5.41, 5.74) is 2.12. The van der Waals surface area contributed by atoms with Crippen LogP contribution < -0.4 is 5.32 Å². The van der Waals surface area contributed by atoms with Crippen molar-refractivity contribution in [3.05, 3.63) is 47.2 Å². The van der Waals surface area contributed by atoms with Crippen LogP contribution in [0.15, 0.2) is 36.0 Å². The molecular weight excluding hydrogens is 306 g/mol. The lowest BCUT2D eigenvalue weighted by Crippen LogP contribution is -2.30. The summed E-state index contributed by atoms with van der Waals surface area (Å²) in [5.74, 6) is -0.481. The van der Waals surface area contributed by atoms with E-state index in [1.807, 2.05) is 37.3 Å². The lowest BCUT2D eigenvalue weighted by molar-refractivity contribution is -0.117. The first-order chi connectivity index (χ1) is 11.5. The number of nitriles is 1. The third-order valence-corrected chi connectivity index (χ3v) is 3.69. The molecule has 0 aliphatic carbocycles. The van der Waals surface area contributed by atoms with Gasteiger partial charge in [0.05, 0.1) is 19.3 Å². The second kappa shape index (κ2) is 10.4. The largest absolute Gasteiger partial charge is 0.395 e. The number of aryl methyl sites for hydroxylation is 1. The van der Waals surface area contributed by atoms with Gasteiger partial charge in [-0.3, -0.25) is 4.79 Å². The van der Waals surface area contributed by atoms with Crippen molar-refractivity contribution in [3.63, 3.8) is 0 Å². The molecule has 0 fully saturated rings. The minimum absolute atomic E-state index is 0.0612. The third-order valence-electron chi connectivity index (χ3n) is 3.69. The lowest BCUT2D eigenvalue weighted by atomic mass is 10.0. The average Bonchev–Trinajstić information content (AvgIpc) is 2.59. The van der Waals surface area contributed by atoms with Gasteiger partial charge in [0, 0.05) is 19.3 Å². The minimum atomic E-state index is -0.481. The standard InChI is InChI=1S/C18H25N3O3/c1-3-15-4-6-16(7-5-15)14(2)20-18(24)17(12-19)13-21(8-10-22)9-11-23/h4-7,13-14,22-23H,3,8-11H2,1-2H3,(H,20,24)/b17-13-. The normalized spacial score (nSPS) is 12.4. The molecule has 1 atom stereocenters. The first-order valence-electron chi connectivity index (χ1n) is 8.03. The molecule has 0 saturated heterocycles. The Bertz CT molecular complexity index is 585. The van der Waals surface area contributed by atoms with E-state index in [4.69, 9.17) is 10.2 Å². The molecule has 1 aromatic carbocycles. The summed E-state index contributed by atoms with van der Waals surface area (Å²) >= 11 is 0. The number of benzene rings is 1. The number of rotatable bonds is 9. The van der Waals surface area contributed by atoms with Crippen LogP contribution in [0.2, 0.25) is 0 Å². The zero-order valence-electron chi connectivity index (χ0n) is 14.2. The van der Waals surface area contributed by atoms with E-state index in [0.29, 0.717) is 0 Å². The van der Waals surface area contributed by atoms with Crippen LogP contribution in [0.4, 0.5) is 0 Å². The lowest BCUT2D eigenvalue weighted by Gasteiger charge is -2.19. The van der Waals surface area contributed by atoms with Crippen LogP contribution >= 0.6 is 0 Å². The number of aliphatic hydroxyl groups excluding tert-OH is 2. The van der Waals surface area contributed by atoms with Crippen molar-refractivity contribution in [1.29, 1.82) is 5.26 Å². The molecule has 130 valence electrons. The molecule has 6 nitrogen and oxygen atoms in total. The van der Waals surface area contributed by atoms with E-state index >= 15 is 0 Å². The topological polar surface area (TPSA) is 96.6 Å². The van der Waals surface area contributed by atoms with Gasteiger partial charge in [-0.05, 0) is 24.5 Å². The Morgan fingerprint density at radius 2 is 1.88 bits per heavy atom. The van der Waals surface area contributed by atoms with Crippen LogP contribution in [-0.2, 0) is 11.2 Å². The van der Waals surface area contributed by atoms with Gasteiger partial charge >= 0.3 is 0 Å². The van der Waals surface area contributed by atoms with Crippen molar-refractivity contribution >= 4 is 5.91 Å². The highest BCUT2D eigenvalue weighted by atomic mass is 16.3. The number of amides is 1. The fourth-order valence-electron chi connectivity index (χ4n) is 2.22. The Hall–Kier alpha value is -2.36. The van der Waals surface area contributed by atoms with Gasteiger partial charge < -0.3 is 20.4 Å². The van der Waals surface area contributed by atoms with Crippen LogP contribution in [0.3, 0.4) is 0 Å². The Morgan fingerprint density at radius 3 is 2.33 bits per heavy atom. The second-order valence-corrected chi connectivity index (χ2v) is 5.43. The smallest absolute Gasteiger partial charge is 0.263 e. The van der Waals surface area contributed by atoms with Crippen molar-refractivity contribution in [2.75, 3.05) is 26.3 Å². The van der Waals surface area contributed by atoms with Crippen molar-refractivity contribution in [2.45, 2.75) is 26.3 Å². The zero-order chi connectivity index (χ0) is 17.9. The summed E-state index contributed by atoms with van der Waals surface area (Å²) in [4.78, 5) is 13.8. The van der Waals surface area contributed by atoms with Gasteiger partial charge in [-0.25, -0.2) is 0 Å². The fraction of sp³-hybridized carbons (Fsp3) is 0.444. The fourth-order valence-corrected chi connectivity index (χ4v) is 2.22. The van der Waals surface area contributed by atoms with Crippen molar-refractivity contribution in [2.24, 2.45) is 0 Å². The molecular formula is C18H25N3O3. The first-order valence-corrected chi connectivity index (χ1v) is 8.03. The molecule has 1 rings (SSSR count). The maximum atomic E-state index is 12.3. The SMILES string of the molecule is CCc1ccc(C(C)NC(=O)/C(C#N)=C\N(CCO)CCO)cc1. The number of nitrogens with one attached hydrogen (secondary N) is 1. The van der Waals surface area contributed by atoms with E-state index in [0.717, 1.165) is 12.0 Å². The second-order valence-electron chi connectivity index (χ2n) is 5.43. The average molecular weight is 331 g/mol. The van der Waals surface area contributed by atoms with Gasteiger partial charge in [0.25, 0.3) is 5.91 Å². The molecule has 0 radical (unpaired) electrons. The number of carbonyl (C=O) groups excluding carboxylic acids is 1. The van der Waals surface area contributed by atoms with E-state index in [-0.39, 0.29) is 37.9 Å². The van der Waals surface area contributed by atoms with E-state index < -0.39 is 5.91 Å². The van der Waals surface area contributed by atoms with Crippen molar-refractivity contribution in [3.8, 4) is 6.07 Å². The summed E-state index contributed by atoms with van der Waals surface area (Å²) in [6, 6.07) is 9.59. The highest BCUT2D eigenvalue weighted by Crippen LogP contribution is 2.14. The number of hydrogen-bond acceptors (Lipinski definition) is 5. The summed E-state index contributed by atoms with van der Waals surface area (Å²) in [6.07, 6.45) is 2.32. The molecule has 0 aliphatic heterocycles. The maximum Gasteiger partial charge on any atom is 0.263 e. The van der Waals surface area contributed by atoms with E-state index in [1.54, 1.807) is 4.90 Å². The Kier molecular flexibility index (Phi) is 8.55. The molecule has 0 bridgehead atoms. The number of aliphatic hydroxyl groups is 2. The van der Waals surface area contributed by atoms with Gasteiger partial charge in [0.15, 0.2) is 0 Å². The molecule has 24 heavy (non-hydrogen) atoms. The molecule has 0 aromatic heterocycles. The monoisotopic (exact) mass is 331 g/mol. The van der Waals surface area contributed by atoms with Crippen LogP contribution in [0.5, 0.6) is 0 Å². The van der Waals surface area contributed by atoms with Gasteiger partial charge in [-0.1, -0.05) is 31.2 Å². The van der Waals surface area contributed by atoms with Gasteiger partial charge in [0.2, 0.25) is 0 Å². The molecule has 0 aliphatic rings. The van der Waals surface area contributed by atoms with E-state index in [1.165, 1.54) is 11.8 Å². The van der Waals surface area contributed by atoms with Crippen molar-refractivity contribution < 1.29 is 15.0 Å². The Balaban J connectivity index is 2.79. The summed E-state index contributed by atoms with van der Waals surface area (Å²) in [6.45, 7) is 4.16. The summed E-state index contributed by atoms with van der Waals surface area (Å²) in [5, 5.41) is 30.0. The predicted molar refractivity (Wildman–Crippen MR) is 91.8 cm³/mol. The van der Waals surface area contributed by atoms with E-state index in [9.17, 15) is 10.1 Å². The first kappa shape index (κ1) is 19.7. The highest BCUT2D eigenvalue weighted by molar-refractivity contribution is 5.97. The minimum Gasteiger partial charge on any atom is -0.395 e. The number of hydrogen-bond donors (Lipinski definition) is 3. The third kappa shape index (κ3) is 6.03. The van der Waals surface area contributed by atoms with Gasteiger partial charge in [0.1, 0.15) is 11.6 Å². The van der Waals surface area contributed by atoms with Crippen LogP contribution in [0, 0.1) is 11.3 Å². The van der Waals surface area contributed by atoms with Crippen LogP contribution in [0.25, 0.3) is 0 Å². The molecule has 1 unspecified atom stereocenters. The Labute approximate surface area is 143 Å². The predicted octanol–water partition coefficient (Wildman–Crippen LogP) is 1.12. The highest BCUT2D eigenvalue weighted by Gasteiger charge is 2.15. The van der Waals surface area contributed by atoms with Gasteiger partial charge in [-0.15, -0.1) is 0 Å². The van der Waals surface area contributed by atoms with Crippen molar-refractivity contribution in [1.82, 2.24) is 10.2 Å². The number of nitrogens with zero attached hydrogens (tertiary/aromatic N) is 2. The molecule has 6 heteroatoms. The van der Waals surface area contributed by atoms with E-state index in [2.05, 4.69) is 12.2 Å². The maximum absolute atomic E-state index is 12.3. The summed E-state index contributed by atoms with van der Waals surface area (Å²) in [7, 11) is 0. The zero-order valence-corrected chi connectivity index (χ0v) is 14.2. The van der Waals surface area contributed by atoms with Crippen LogP contribution in [0.1, 0.15) is 31.0 Å². The molecule has 1 amide bonds. The molecule has 0 saturated carbocycles. The van der Waals surface area contributed by atoms with Gasteiger partial charge in [-0.2, -0.15) is 5.26 Å².